The van der Waals surface area contributed by atoms with Crippen molar-refractivity contribution < 1.29 is 0 Å². The normalized spacial score (nSPS) is 13.1. The second-order valence-electron chi connectivity index (χ2n) is 7.56. The topological polar surface area (TPSA) is 63.6 Å². The number of hydrogen-bond donors (Lipinski definition) is 1. The second kappa shape index (κ2) is 7.37. The molecule has 0 unspecified atom stereocenters. The first-order valence-corrected chi connectivity index (χ1v) is 11.2. The first-order valence-electron chi connectivity index (χ1n) is 9.47. The van der Waals surface area contributed by atoms with E-state index < -0.39 is 0 Å². The zero-order chi connectivity index (χ0) is 20.0. The fourth-order valence-corrected chi connectivity index (χ4v) is 5.39. The summed E-state index contributed by atoms with van der Waals surface area (Å²) in [6, 6.07) is 8.22. The lowest BCUT2D eigenvalue weighted by molar-refractivity contribution is 0.504. The second-order valence-corrected chi connectivity index (χ2v) is 10.1. The van der Waals surface area contributed by atoms with Gasteiger partial charge < -0.3 is 9.55 Å². The molecule has 1 atom stereocenters. The molecule has 0 aliphatic heterocycles. The van der Waals surface area contributed by atoms with Crippen molar-refractivity contribution in [1.29, 1.82) is 0 Å². The molecule has 7 heteroatoms. The zero-order valence-electron chi connectivity index (χ0n) is 16.7. The summed E-state index contributed by atoms with van der Waals surface area (Å²) in [5.41, 5.74) is 3.12. The summed E-state index contributed by atoms with van der Waals surface area (Å²) in [5, 5.41) is 1.67. The van der Waals surface area contributed by atoms with E-state index in [1.165, 1.54) is 0 Å². The largest absolute Gasteiger partial charge is 0.319 e. The Kier molecular flexibility index (Phi) is 5.05. The number of imidazole rings is 1. The van der Waals surface area contributed by atoms with Crippen LogP contribution >= 0.6 is 23.1 Å². The Labute approximate surface area is 172 Å². The van der Waals surface area contributed by atoms with Crippen LogP contribution in [0, 0.1) is 19.8 Å². The van der Waals surface area contributed by atoms with Crippen LogP contribution in [0.3, 0.4) is 0 Å². The van der Waals surface area contributed by atoms with Crippen LogP contribution in [0.15, 0.2) is 34.2 Å². The minimum Gasteiger partial charge on any atom is -0.319 e. The molecule has 0 spiro atoms. The monoisotopic (exact) mass is 412 g/mol. The molecule has 3 aromatic heterocycles. The van der Waals surface area contributed by atoms with E-state index in [0.29, 0.717) is 11.7 Å². The molecule has 1 N–H and O–H groups in total. The number of hydrogen-bond acceptors (Lipinski definition) is 5. The van der Waals surface area contributed by atoms with E-state index in [-0.39, 0.29) is 10.8 Å². The van der Waals surface area contributed by atoms with Gasteiger partial charge in [-0.2, -0.15) is 0 Å². The zero-order valence-corrected chi connectivity index (χ0v) is 18.4. The van der Waals surface area contributed by atoms with Gasteiger partial charge in [0.05, 0.1) is 21.7 Å². The number of H-pyrrole nitrogens is 1. The predicted molar refractivity (Wildman–Crippen MR) is 119 cm³/mol. The molecule has 0 saturated heterocycles. The fourth-order valence-electron chi connectivity index (χ4n) is 3.36. The van der Waals surface area contributed by atoms with E-state index in [2.05, 4.69) is 36.4 Å². The Bertz CT molecular complexity index is 1220. The number of aromatic nitrogens is 4. The Morgan fingerprint density at radius 1 is 1.18 bits per heavy atom. The van der Waals surface area contributed by atoms with Crippen molar-refractivity contribution in [2.45, 2.75) is 51.6 Å². The summed E-state index contributed by atoms with van der Waals surface area (Å²) in [5.74, 6) is 1.21. The number of thiophene rings is 1. The maximum atomic E-state index is 12.6. The number of nitrogens with one attached hydrogen (secondary N) is 1. The average molecular weight is 413 g/mol. The lowest BCUT2D eigenvalue weighted by Crippen LogP contribution is -2.13. The molecule has 4 rings (SSSR count). The summed E-state index contributed by atoms with van der Waals surface area (Å²) in [6.45, 7) is 11.4. The number of rotatable bonds is 5. The molecule has 0 radical (unpaired) electrons. The van der Waals surface area contributed by atoms with Gasteiger partial charge in [0.2, 0.25) is 0 Å². The van der Waals surface area contributed by atoms with Crippen molar-refractivity contribution in [3.8, 4) is 0 Å². The molecule has 0 amide bonds. The van der Waals surface area contributed by atoms with Crippen LogP contribution in [0.5, 0.6) is 0 Å². The van der Waals surface area contributed by atoms with Gasteiger partial charge >= 0.3 is 0 Å². The fraction of sp³-hybridized carbons (Fsp3) is 0.381. The van der Waals surface area contributed by atoms with Gasteiger partial charge in [-0.25, -0.2) is 9.97 Å². The third-order valence-corrected chi connectivity index (χ3v) is 7.09. The molecule has 5 nitrogen and oxygen atoms in total. The molecule has 4 aromatic rings. The van der Waals surface area contributed by atoms with Crippen molar-refractivity contribution in [3.63, 3.8) is 0 Å². The summed E-state index contributed by atoms with van der Waals surface area (Å²) in [4.78, 5) is 27.2. The third-order valence-electron chi connectivity index (χ3n) is 4.89. The van der Waals surface area contributed by atoms with E-state index in [4.69, 9.17) is 9.97 Å². The summed E-state index contributed by atoms with van der Waals surface area (Å²) in [7, 11) is 0. The van der Waals surface area contributed by atoms with Gasteiger partial charge in [-0.05, 0) is 44.4 Å². The van der Waals surface area contributed by atoms with Crippen LogP contribution in [-0.2, 0) is 6.54 Å². The molecule has 3 heterocycles. The van der Waals surface area contributed by atoms with Crippen molar-refractivity contribution in [2.24, 2.45) is 5.92 Å². The van der Waals surface area contributed by atoms with Gasteiger partial charge in [-0.1, -0.05) is 37.7 Å². The predicted octanol–water partition coefficient (Wildman–Crippen LogP) is 5.46. The molecular formula is C21H24N4OS2. The van der Waals surface area contributed by atoms with Crippen LogP contribution in [0.2, 0.25) is 0 Å². The van der Waals surface area contributed by atoms with Crippen LogP contribution in [0.25, 0.3) is 21.3 Å². The van der Waals surface area contributed by atoms with Gasteiger partial charge in [0.25, 0.3) is 5.56 Å². The lowest BCUT2D eigenvalue weighted by atomic mass is 10.2. The van der Waals surface area contributed by atoms with Gasteiger partial charge in [0.1, 0.15) is 10.7 Å². The van der Waals surface area contributed by atoms with E-state index in [9.17, 15) is 4.79 Å². The van der Waals surface area contributed by atoms with E-state index in [1.54, 1.807) is 23.1 Å². The van der Waals surface area contributed by atoms with Gasteiger partial charge in [-0.3, -0.25) is 4.79 Å². The number of para-hydroxylation sites is 2. The van der Waals surface area contributed by atoms with E-state index in [0.717, 1.165) is 43.4 Å². The Morgan fingerprint density at radius 2 is 1.93 bits per heavy atom. The number of aromatic amines is 1. The van der Waals surface area contributed by atoms with Gasteiger partial charge in [-0.15, -0.1) is 11.3 Å². The molecule has 0 fully saturated rings. The van der Waals surface area contributed by atoms with Crippen molar-refractivity contribution >= 4 is 44.3 Å². The summed E-state index contributed by atoms with van der Waals surface area (Å²) < 4.78 is 2.28. The lowest BCUT2D eigenvalue weighted by Gasteiger charge is -2.14. The summed E-state index contributed by atoms with van der Waals surface area (Å²) >= 11 is 3.23. The van der Waals surface area contributed by atoms with Crippen LogP contribution in [0.1, 0.15) is 42.3 Å². The quantitative estimate of drug-likeness (QED) is 0.442. The molecule has 28 heavy (non-hydrogen) atoms. The molecule has 0 bridgehead atoms. The SMILES string of the molecule is Cc1sc2nc([C@@H](C)Sc3nc4ccccc4n3CC(C)C)[nH]c(=O)c2c1C. The minimum absolute atomic E-state index is 0.0115. The molecule has 1 aromatic carbocycles. The Balaban J connectivity index is 1.73. The van der Waals surface area contributed by atoms with E-state index in [1.807, 2.05) is 32.0 Å². The molecule has 146 valence electrons. The Hall–Kier alpha value is -2.12. The molecule has 0 aliphatic carbocycles. The highest BCUT2D eigenvalue weighted by Gasteiger charge is 2.20. The van der Waals surface area contributed by atoms with Crippen LogP contribution in [0.4, 0.5) is 0 Å². The summed E-state index contributed by atoms with van der Waals surface area (Å²) in [6.07, 6.45) is 0. The number of benzene rings is 1. The molecule has 0 saturated carbocycles. The highest BCUT2D eigenvalue weighted by Crippen LogP contribution is 2.36. The standard InChI is InChI=1S/C21H24N4OS2/c1-11(2)10-25-16-9-7-6-8-15(16)22-21(25)28-14(5)18-23-19(26)17-12(3)13(4)27-20(17)24-18/h6-9,11,14H,10H2,1-5H3,(H,23,24,26)/t14-/m1/s1. The van der Waals surface area contributed by atoms with E-state index >= 15 is 0 Å². The number of aryl methyl sites for hydroxylation is 2. The first-order chi connectivity index (χ1) is 13.3. The highest BCUT2D eigenvalue weighted by atomic mass is 32.2. The minimum atomic E-state index is -0.0509. The van der Waals surface area contributed by atoms with Gasteiger partial charge in [0.15, 0.2) is 5.16 Å². The highest BCUT2D eigenvalue weighted by molar-refractivity contribution is 7.99. The first kappa shape index (κ1) is 19.2. The Morgan fingerprint density at radius 3 is 2.68 bits per heavy atom. The average Bonchev–Trinajstić information content (AvgIpc) is 3.12. The maximum Gasteiger partial charge on any atom is 0.259 e. The molecule has 0 aliphatic rings. The smallest absolute Gasteiger partial charge is 0.259 e. The molecular weight excluding hydrogens is 388 g/mol. The maximum absolute atomic E-state index is 12.6. The van der Waals surface area contributed by atoms with Crippen molar-refractivity contribution in [1.82, 2.24) is 19.5 Å². The van der Waals surface area contributed by atoms with Crippen molar-refractivity contribution in [3.05, 3.63) is 50.9 Å². The van der Waals surface area contributed by atoms with Crippen molar-refractivity contribution in [2.75, 3.05) is 0 Å². The number of thioether (sulfide) groups is 1. The third kappa shape index (κ3) is 3.37. The van der Waals surface area contributed by atoms with Crippen LogP contribution in [-0.4, -0.2) is 19.5 Å². The van der Waals surface area contributed by atoms with Gasteiger partial charge in [0, 0.05) is 11.4 Å². The number of fused-ring (bicyclic) bond motifs is 2. The number of nitrogens with zero attached hydrogens (tertiary/aromatic N) is 3. The van der Waals surface area contributed by atoms with Crippen LogP contribution < -0.4 is 5.56 Å².